The molecule has 0 aromatic heterocycles. The third kappa shape index (κ3) is 6.28. The van der Waals surface area contributed by atoms with Gasteiger partial charge in [-0.25, -0.2) is 4.79 Å². The summed E-state index contributed by atoms with van der Waals surface area (Å²) in [5, 5.41) is 21.4. The Labute approximate surface area is 102 Å². The normalized spacial score (nSPS) is 16.8. The van der Waals surface area contributed by atoms with Gasteiger partial charge in [0, 0.05) is 5.92 Å². The topological polar surface area (TPSA) is 78.8 Å². The fourth-order valence-corrected chi connectivity index (χ4v) is 1.20. The Morgan fingerprint density at radius 2 is 2.06 bits per heavy atom. The van der Waals surface area contributed by atoms with Gasteiger partial charge < -0.3 is 20.3 Å². The van der Waals surface area contributed by atoms with E-state index in [9.17, 15) is 9.90 Å². The van der Waals surface area contributed by atoms with Crippen molar-refractivity contribution in [3.8, 4) is 0 Å². The molecule has 3 unspecified atom stereocenters. The number of alkyl carbamates (subject to hydrolysis) is 1. The van der Waals surface area contributed by atoms with Gasteiger partial charge in [0.05, 0.1) is 18.8 Å². The number of amides is 1. The molecule has 3 N–H and O–H groups in total. The van der Waals surface area contributed by atoms with Gasteiger partial charge in [-0.1, -0.05) is 13.0 Å². The van der Waals surface area contributed by atoms with Crippen LogP contribution >= 0.6 is 0 Å². The summed E-state index contributed by atoms with van der Waals surface area (Å²) in [6.45, 7) is 10.2. The lowest BCUT2D eigenvalue weighted by Crippen LogP contribution is -2.49. The van der Waals surface area contributed by atoms with Gasteiger partial charge in [0.15, 0.2) is 0 Å². The maximum absolute atomic E-state index is 11.5. The highest BCUT2D eigenvalue weighted by Gasteiger charge is 2.26. The molecule has 0 spiro atoms. The monoisotopic (exact) mass is 245 g/mol. The quantitative estimate of drug-likeness (QED) is 0.633. The van der Waals surface area contributed by atoms with E-state index in [1.807, 2.05) is 0 Å². The molecule has 0 rings (SSSR count). The average Bonchev–Trinajstić information content (AvgIpc) is 2.21. The summed E-state index contributed by atoms with van der Waals surface area (Å²) in [6.07, 6.45) is 0.00118. The summed E-state index contributed by atoms with van der Waals surface area (Å²) in [6, 6.07) is -0.766. The van der Waals surface area contributed by atoms with E-state index in [4.69, 9.17) is 9.84 Å². The summed E-state index contributed by atoms with van der Waals surface area (Å²) in [5.41, 5.74) is -0.612. The lowest BCUT2D eigenvalue weighted by atomic mass is 9.98. The highest BCUT2D eigenvalue weighted by Crippen LogP contribution is 2.10. The number of rotatable bonds is 5. The zero-order valence-corrected chi connectivity index (χ0v) is 10.9. The van der Waals surface area contributed by atoms with E-state index in [2.05, 4.69) is 11.9 Å². The Morgan fingerprint density at radius 1 is 1.53 bits per heavy atom. The highest BCUT2D eigenvalue weighted by molar-refractivity contribution is 5.68. The molecule has 5 nitrogen and oxygen atoms in total. The third-order valence-corrected chi connectivity index (χ3v) is 2.22. The third-order valence-electron chi connectivity index (χ3n) is 2.22. The Kier molecular flexibility index (Phi) is 6.20. The van der Waals surface area contributed by atoms with E-state index >= 15 is 0 Å². The van der Waals surface area contributed by atoms with Crippen LogP contribution in [0.1, 0.15) is 27.7 Å². The first-order chi connectivity index (χ1) is 7.71. The zero-order chi connectivity index (χ0) is 13.6. The minimum Gasteiger partial charge on any atom is -0.444 e. The van der Waals surface area contributed by atoms with Crippen LogP contribution in [0.15, 0.2) is 12.7 Å². The van der Waals surface area contributed by atoms with Crippen molar-refractivity contribution in [1.29, 1.82) is 0 Å². The van der Waals surface area contributed by atoms with E-state index in [1.165, 1.54) is 0 Å². The second-order valence-electron chi connectivity index (χ2n) is 5.02. The summed E-state index contributed by atoms with van der Waals surface area (Å²) >= 11 is 0. The molecule has 1 amide bonds. The molecule has 0 aliphatic carbocycles. The second kappa shape index (κ2) is 6.61. The molecule has 0 aromatic carbocycles. The van der Waals surface area contributed by atoms with E-state index in [0.29, 0.717) is 0 Å². The molecule has 0 radical (unpaired) electrons. The Morgan fingerprint density at radius 3 is 2.41 bits per heavy atom. The number of hydrogen-bond acceptors (Lipinski definition) is 4. The minimum atomic E-state index is -0.898. The molecule has 3 atom stereocenters. The number of carbonyl (C=O) groups is 1. The summed E-state index contributed by atoms with van der Waals surface area (Å²) in [7, 11) is 0. The fraction of sp³-hybridized carbons (Fsp3) is 0.750. The van der Waals surface area contributed by atoms with Crippen LogP contribution in [0.25, 0.3) is 0 Å². The Balaban J connectivity index is 4.40. The molecule has 0 fully saturated rings. The van der Waals surface area contributed by atoms with Crippen molar-refractivity contribution in [2.75, 3.05) is 6.61 Å². The van der Waals surface area contributed by atoms with Crippen molar-refractivity contribution in [2.45, 2.75) is 45.4 Å². The first-order valence-electron chi connectivity index (χ1n) is 5.62. The maximum atomic E-state index is 11.5. The van der Waals surface area contributed by atoms with Crippen molar-refractivity contribution in [3.05, 3.63) is 12.7 Å². The van der Waals surface area contributed by atoms with Crippen LogP contribution in [0, 0.1) is 5.92 Å². The zero-order valence-electron chi connectivity index (χ0n) is 10.9. The van der Waals surface area contributed by atoms with Gasteiger partial charge in [-0.05, 0) is 20.8 Å². The van der Waals surface area contributed by atoms with Crippen LogP contribution in [-0.4, -0.2) is 40.7 Å². The van der Waals surface area contributed by atoms with Crippen molar-refractivity contribution in [3.63, 3.8) is 0 Å². The van der Waals surface area contributed by atoms with E-state index in [0.717, 1.165) is 0 Å². The van der Waals surface area contributed by atoms with Gasteiger partial charge in [-0.3, -0.25) is 0 Å². The summed E-state index contributed by atoms with van der Waals surface area (Å²) < 4.78 is 5.04. The molecular weight excluding hydrogens is 222 g/mol. The number of hydrogen-bond donors (Lipinski definition) is 3. The van der Waals surface area contributed by atoms with Crippen LogP contribution in [-0.2, 0) is 4.74 Å². The molecule has 0 saturated heterocycles. The number of carbonyl (C=O) groups excluding carboxylic acids is 1. The van der Waals surface area contributed by atoms with Gasteiger partial charge in [0.1, 0.15) is 5.60 Å². The van der Waals surface area contributed by atoms with Crippen molar-refractivity contribution in [1.82, 2.24) is 5.32 Å². The summed E-state index contributed by atoms with van der Waals surface area (Å²) in [4.78, 5) is 11.5. The number of aliphatic hydroxyl groups excluding tert-OH is 2. The first kappa shape index (κ1) is 15.9. The smallest absolute Gasteiger partial charge is 0.408 e. The first-order valence-corrected chi connectivity index (χ1v) is 5.62. The minimum absolute atomic E-state index is 0.234. The van der Waals surface area contributed by atoms with Crippen LogP contribution < -0.4 is 5.32 Å². The molecule has 17 heavy (non-hydrogen) atoms. The van der Waals surface area contributed by atoms with Crippen LogP contribution in [0.4, 0.5) is 4.79 Å². The molecule has 0 aromatic rings. The van der Waals surface area contributed by atoms with Crippen LogP contribution in [0.2, 0.25) is 0 Å². The predicted octanol–water partition coefficient (Wildman–Crippen LogP) is 1.05. The van der Waals surface area contributed by atoms with Gasteiger partial charge in [-0.15, -0.1) is 6.58 Å². The maximum Gasteiger partial charge on any atom is 0.408 e. The number of ether oxygens (including phenoxy) is 1. The SMILES string of the molecule is C=CC(C)C(O)C(CO)NC(=O)OC(C)(C)C. The average molecular weight is 245 g/mol. The number of nitrogens with one attached hydrogen (secondary N) is 1. The van der Waals surface area contributed by atoms with Gasteiger partial charge >= 0.3 is 6.09 Å². The standard InChI is InChI=1S/C12H23NO4/c1-6-8(2)10(15)9(7-14)13-11(16)17-12(3,4)5/h6,8-10,14-15H,1,7H2,2-5H3,(H,13,16). The molecule has 0 aliphatic rings. The molecule has 0 saturated carbocycles. The predicted molar refractivity (Wildman–Crippen MR) is 65.6 cm³/mol. The highest BCUT2D eigenvalue weighted by atomic mass is 16.6. The van der Waals surface area contributed by atoms with Crippen LogP contribution in [0.5, 0.6) is 0 Å². The molecular formula is C12H23NO4. The van der Waals surface area contributed by atoms with E-state index in [-0.39, 0.29) is 12.5 Å². The molecule has 5 heteroatoms. The van der Waals surface area contributed by atoms with Crippen molar-refractivity contribution < 1.29 is 19.7 Å². The van der Waals surface area contributed by atoms with Crippen molar-refractivity contribution >= 4 is 6.09 Å². The fourth-order valence-electron chi connectivity index (χ4n) is 1.20. The summed E-state index contributed by atoms with van der Waals surface area (Å²) in [5.74, 6) is -0.234. The van der Waals surface area contributed by atoms with Crippen LogP contribution in [0.3, 0.4) is 0 Å². The molecule has 100 valence electrons. The second-order valence-corrected chi connectivity index (χ2v) is 5.02. The Bertz CT molecular complexity index is 260. The number of aliphatic hydroxyl groups is 2. The van der Waals surface area contributed by atoms with Crippen molar-refractivity contribution in [2.24, 2.45) is 5.92 Å². The molecule has 0 heterocycles. The van der Waals surface area contributed by atoms with Gasteiger partial charge in [0.25, 0.3) is 0 Å². The molecule has 0 aliphatic heterocycles. The van der Waals surface area contributed by atoms with Gasteiger partial charge in [-0.2, -0.15) is 0 Å². The largest absolute Gasteiger partial charge is 0.444 e. The lowest BCUT2D eigenvalue weighted by Gasteiger charge is -2.27. The lowest BCUT2D eigenvalue weighted by molar-refractivity contribution is 0.0284. The van der Waals surface area contributed by atoms with E-state index in [1.54, 1.807) is 33.8 Å². The van der Waals surface area contributed by atoms with E-state index < -0.39 is 23.8 Å². The Hall–Kier alpha value is -1.07. The molecule has 0 bridgehead atoms. The van der Waals surface area contributed by atoms with Gasteiger partial charge in [0.2, 0.25) is 0 Å².